The number of aromatic nitrogens is 1. The molecule has 1 heterocycles. The number of hydrogen-bond donors (Lipinski definition) is 1. The second-order valence-corrected chi connectivity index (χ2v) is 18.5. The zero-order valence-electron chi connectivity index (χ0n) is 26.4. The van der Waals surface area contributed by atoms with Gasteiger partial charge in [0.05, 0.1) is 7.11 Å². The lowest BCUT2D eigenvalue weighted by Gasteiger charge is -2.44. The van der Waals surface area contributed by atoms with E-state index >= 15 is 0 Å². The lowest BCUT2D eigenvalue weighted by atomic mass is 10.0. The van der Waals surface area contributed by atoms with E-state index in [1.54, 1.807) is 20.8 Å². The minimum atomic E-state index is -2.17. The van der Waals surface area contributed by atoms with Crippen LogP contribution in [0.25, 0.3) is 10.9 Å². The van der Waals surface area contributed by atoms with Gasteiger partial charge in [0, 0.05) is 23.4 Å². The molecule has 0 aliphatic heterocycles. The predicted molar refractivity (Wildman–Crippen MR) is 168 cm³/mol. The summed E-state index contributed by atoms with van der Waals surface area (Å²) in [4.78, 5) is 25.5. The molecule has 1 N–H and O–H groups in total. The van der Waals surface area contributed by atoms with Gasteiger partial charge in [0.25, 0.3) is 0 Å². The van der Waals surface area contributed by atoms with Gasteiger partial charge in [-0.05, 0) is 66.9 Å². The standard InChI is InChI=1S/C33H48N2O5Si/c1-22(2)41(23(3)4,24(5)6)35-20-26(18-29(31(36)38-10)34-32(37)40-33(7,8)9)28-17-16-27(19-30(28)35)39-21-25-14-12-11-13-15-25/h11-17,19-20,22-24,29H,18,21H2,1-10H3,(H,34,37)/t29-/m0/s1. The number of amides is 1. The Morgan fingerprint density at radius 3 is 2.07 bits per heavy atom. The van der Waals surface area contributed by atoms with Crippen LogP contribution in [0.2, 0.25) is 16.6 Å². The minimum absolute atomic E-state index is 0.276. The number of esters is 1. The second kappa shape index (κ2) is 13.1. The highest BCUT2D eigenvalue weighted by atomic mass is 28.3. The van der Waals surface area contributed by atoms with Crippen LogP contribution in [0.5, 0.6) is 5.75 Å². The summed E-state index contributed by atoms with van der Waals surface area (Å²) in [5, 5.41) is 3.78. The van der Waals surface area contributed by atoms with Crippen LogP contribution >= 0.6 is 0 Å². The summed E-state index contributed by atoms with van der Waals surface area (Å²) in [6.45, 7) is 19.8. The molecule has 8 heteroatoms. The second-order valence-electron chi connectivity index (χ2n) is 12.8. The Kier molecular flexibility index (Phi) is 10.3. The molecule has 0 aliphatic carbocycles. The third-order valence-electron chi connectivity index (χ3n) is 7.90. The molecule has 1 aromatic heterocycles. The molecular weight excluding hydrogens is 532 g/mol. The Balaban J connectivity index is 2.13. The highest BCUT2D eigenvalue weighted by Crippen LogP contribution is 2.45. The van der Waals surface area contributed by atoms with Gasteiger partial charge in [-0.15, -0.1) is 0 Å². The molecule has 224 valence electrons. The number of hydrogen-bond acceptors (Lipinski definition) is 5. The molecule has 1 atom stereocenters. The van der Waals surface area contributed by atoms with Crippen molar-refractivity contribution >= 4 is 31.2 Å². The molecule has 7 nitrogen and oxygen atoms in total. The van der Waals surface area contributed by atoms with E-state index in [0.29, 0.717) is 23.2 Å². The third-order valence-corrected chi connectivity index (χ3v) is 14.7. The van der Waals surface area contributed by atoms with Crippen molar-refractivity contribution in [3.63, 3.8) is 0 Å². The van der Waals surface area contributed by atoms with Crippen LogP contribution in [0.15, 0.2) is 54.7 Å². The van der Waals surface area contributed by atoms with Crippen molar-refractivity contribution in [3.8, 4) is 5.75 Å². The number of nitrogens with one attached hydrogen (secondary N) is 1. The zero-order valence-corrected chi connectivity index (χ0v) is 27.4. The van der Waals surface area contributed by atoms with E-state index in [1.807, 2.05) is 24.3 Å². The predicted octanol–water partition coefficient (Wildman–Crippen LogP) is 7.85. The van der Waals surface area contributed by atoms with E-state index in [0.717, 1.165) is 27.8 Å². The minimum Gasteiger partial charge on any atom is -0.489 e. The van der Waals surface area contributed by atoms with E-state index in [1.165, 1.54) is 7.11 Å². The number of methoxy groups -OCH3 is 1. The lowest BCUT2D eigenvalue weighted by molar-refractivity contribution is -0.143. The number of rotatable bonds is 11. The number of ether oxygens (including phenoxy) is 3. The maximum absolute atomic E-state index is 12.8. The Morgan fingerprint density at radius 2 is 1.54 bits per heavy atom. The average Bonchev–Trinajstić information content (AvgIpc) is 3.23. The molecule has 0 unspecified atom stereocenters. The van der Waals surface area contributed by atoms with Crippen LogP contribution in [-0.4, -0.2) is 43.3 Å². The van der Waals surface area contributed by atoms with Gasteiger partial charge in [-0.25, -0.2) is 9.59 Å². The van der Waals surface area contributed by atoms with Crippen molar-refractivity contribution in [3.05, 3.63) is 65.9 Å². The first-order valence-corrected chi connectivity index (χ1v) is 16.8. The molecule has 2 aromatic carbocycles. The molecule has 0 fully saturated rings. The van der Waals surface area contributed by atoms with Crippen molar-refractivity contribution in [2.75, 3.05) is 7.11 Å². The number of fused-ring (bicyclic) bond motifs is 1. The summed E-state index contributed by atoms with van der Waals surface area (Å²) >= 11 is 0. The van der Waals surface area contributed by atoms with Gasteiger partial charge >= 0.3 is 12.1 Å². The van der Waals surface area contributed by atoms with Crippen LogP contribution in [0.3, 0.4) is 0 Å². The summed E-state index contributed by atoms with van der Waals surface area (Å²) in [6, 6.07) is 15.4. The summed E-state index contributed by atoms with van der Waals surface area (Å²) in [5.74, 6) is 0.280. The Labute approximate surface area is 246 Å². The highest BCUT2D eigenvalue weighted by Gasteiger charge is 2.46. The fourth-order valence-corrected chi connectivity index (χ4v) is 13.1. The summed E-state index contributed by atoms with van der Waals surface area (Å²) in [6.07, 6.45) is 1.84. The van der Waals surface area contributed by atoms with Gasteiger partial charge in [-0.2, -0.15) is 0 Å². The maximum Gasteiger partial charge on any atom is 0.408 e. The van der Waals surface area contributed by atoms with Crippen LogP contribution in [0, 0.1) is 0 Å². The molecule has 0 bridgehead atoms. The van der Waals surface area contributed by atoms with E-state index in [9.17, 15) is 9.59 Å². The first-order chi connectivity index (χ1) is 19.2. The number of alkyl carbamates (subject to hydrolysis) is 1. The van der Waals surface area contributed by atoms with Crippen LogP contribution in [0.1, 0.15) is 73.4 Å². The van der Waals surface area contributed by atoms with Gasteiger partial charge in [-0.3, -0.25) is 0 Å². The van der Waals surface area contributed by atoms with E-state index in [-0.39, 0.29) is 6.42 Å². The molecule has 0 aliphatic rings. The number of benzene rings is 2. The number of carbonyl (C=O) groups is 2. The molecule has 0 radical (unpaired) electrons. The van der Waals surface area contributed by atoms with Crippen molar-refractivity contribution in [1.82, 2.24) is 9.55 Å². The largest absolute Gasteiger partial charge is 0.489 e. The van der Waals surface area contributed by atoms with Crippen molar-refractivity contribution in [1.29, 1.82) is 0 Å². The van der Waals surface area contributed by atoms with Crippen molar-refractivity contribution < 1.29 is 23.8 Å². The first kappa shape index (κ1) is 32.3. The molecule has 0 saturated carbocycles. The SMILES string of the molecule is COC(=O)[C@H](Cc1cn([Si](C(C)C)(C(C)C)C(C)C)c2cc(OCc3ccccc3)ccc12)NC(=O)OC(C)(C)C. The normalized spacial score (nSPS) is 13.1. The maximum atomic E-state index is 12.8. The first-order valence-electron chi connectivity index (χ1n) is 14.6. The quantitative estimate of drug-likeness (QED) is 0.185. The smallest absolute Gasteiger partial charge is 0.408 e. The zero-order chi connectivity index (χ0) is 30.5. The van der Waals surface area contributed by atoms with Gasteiger partial charge in [-0.1, -0.05) is 71.9 Å². The molecule has 1 amide bonds. The van der Waals surface area contributed by atoms with E-state index in [4.69, 9.17) is 14.2 Å². The molecule has 3 aromatic rings. The average molecular weight is 581 g/mol. The highest BCUT2D eigenvalue weighted by molar-refractivity contribution is 6.82. The Morgan fingerprint density at radius 1 is 0.927 bits per heavy atom. The molecule has 41 heavy (non-hydrogen) atoms. The third kappa shape index (κ3) is 7.34. The van der Waals surface area contributed by atoms with Crippen LogP contribution in [-0.2, 0) is 27.3 Å². The lowest BCUT2D eigenvalue weighted by Crippen LogP contribution is -2.51. The summed E-state index contributed by atoms with van der Waals surface area (Å²) in [7, 11) is -0.841. The van der Waals surface area contributed by atoms with Gasteiger partial charge < -0.3 is 23.8 Å². The Hall–Kier alpha value is -3.26. The molecule has 0 spiro atoms. The Bertz CT molecular complexity index is 1300. The van der Waals surface area contributed by atoms with Crippen molar-refractivity contribution in [2.45, 2.75) is 104 Å². The number of carbonyl (C=O) groups excluding carboxylic acids is 2. The molecule has 0 saturated heterocycles. The van der Waals surface area contributed by atoms with Crippen LogP contribution < -0.4 is 10.1 Å². The fourth-order valence-electron chi connectivity index (χ4n) is 6.43. The summed E-state index contributed by atoms with van der Waals surface area (Å²) in [5.41, 5.74) is 3.85. The topological polar surface area (TPSA) is 78.8 Å². The number of nitrogens with zero attached hydrogens (tertiary/aromatic N) is 1. The molecule has 3 rings (SSSR count). The van der Waals surface area contributed by atoms with Crippen molar-refractivity contribution in [2.24, 2.45) is 0 Å². The fraction of sp³-hybridized carbons (Fsp3) is 0.515. The summed E-state index contributed by atoms with van der Waals surface area (Å²) < 4.78 is 19.3. The van der Waals surface area contributed by atoms with Gasteiger partial charge in [0.2, 0.25) is 0 Å². The van der Waals surface area contributed by atoms with Gasteiger partial charge in [0.15, 0.2) is 8.24 Å². The molecular formula is C33H48N2O5Si. The van der Waals surface area contributed by atoms with E-state index in [2.05, 4.69) is 81.6 Å². The monoisotopic (exact) mass is 580 g/mol. The van der Waals surface area contributed by atoms with Gasteiger partial charge in [0.1, 0.15) is 24.0 Å². The van der Waals surface area contributed by atoms with Crippen LogP contribution in [0.4, 0.5) is 4.79 Å². The van der Waals surface area contributed by atoms with E-state index < -0.39 is 31.9 Å².